The van der Waals surface area contributed by atoms with Crippen LogP contribution in [0.4, 0.5) is 0 Å². The van der Waals surface area contributed by atoms with Crippen LogP contribution >= 0.6 is 0 Å². The molecule has 0 aromatic carbocycles. The molecule has 0 spiro atoms. The average Bonchev–Trinajstić information content (AvgIpc) is 2.58. The third-order valence-corrected chi connectivity index (χ3v) is 9.59. The molecule has 8 atom stereocenters. The number of rotatable bonds is 0. The molecule has 0 aromatic rings. The predicted octanol–water partition coefficient (Wildman–Crippen LogP) is 7.72. The largest absolute Gasteiger partial charge is 0.0683 e. The first kappa shape index (κ1) is 18.8. The van der Waals surface area contributed by atoms with Crippen LogP contribution in [0.1, 0.15) is 106 Å². The van der Waals surface area contributed by atoms with Crippen molar-refractivity contribution in [3.63, 3.8) is 0 Å². The molecule has 8 unspecified atom stereocenters. The monoisotopic (exact) mass is 332 g/mol. The quantitative estimate of drug-likeness (QED) is 0.426. The molecule has 4 aliphatic carbocycles. The highest BCUT2D eigenvalue weighted by atomic mass is 14.6. The highest BCUT2D eigenvalue weighted by Crippen LogP contribution is 2.67. The summed E-state index contributed by atoms with van der Waals surface area (Å²) in [6, 6.07) is 0. The van der Waals surface area contributed by atoms with Gasteiger partial charge in [0.25, 0.3) is 0 Å². The second-order valence-electron chi connectivity index (χ2n) is 10.4. The first-order valence-corrected chi connectivity index (χ1v) is 11.4. The maximum Gasteiger partial charge on any atom is -0.0266 e. The second kappa shape index (κ2) is 6.96. The van der Waals surface area contributed by atoms with E-state index in [0.717, 1.165) is 35.5 Å². The van der Waals surface area contributed by atoms with Crippen molar-refractivity contribution in [2.24, 2.45) is 46.3 Å². The Balaban J connectivity index is 0.000000815. The Kier molecular flexibility index (Phi) is 5.44. The van der Waals surface area contributed by atoms with Crippen molar-refractivity contribution in [1.29, 1.82) is 0 Å². The number of hydrogen-bond acceptors (Lipinski definition) is 0. The molecular formula is C24H44. The van der Waals surface area contributed by atoms with Crippen LogP contribution in [0.15, 0.2) is 0 Å². The Morgan fingerprint density at radius 1 is 0.708 bits per heavy atom. The molecule has 24 heavy (non-hydrogen) atoms. The third-order valence-electron chi connectivity index (χ3n) is 9.59. The molecule has 4 rings (SSSR count). The van der Waals surface area contributed by atoms with Gasteiger partial charge in [-0.2, -0.15) is 0 Å². The van der Waals surface area contributed by atoms with E-state index in [9.17, 15) is 0 Å². The van der Waals surface area contributed by atoms with Gasteiger partial charge in [0.1, 0.15) is 0 Å². The van der Waals surface area contributed by atoms with Crippen LogP contribution in [0.5, 0.6) is 0 Å². The summed E-state index contributed by atoms with van der Waals surface area (Å²) in [5.41, 5.74) is 1.38. The minimum absolute atomic E-state index is 0.685. The fourth-order valence-electron chi connectivity index (χ4n) is 7.93. The van der Waals surface area contributed by atoms with Gasteiger partial charge in [-0.05, 0) is 91.3 Å². The summed E-state index contributed by atoms with van der Waals surface area (Å²) in [7, 11) is 0. The molecule has 4 saturated carbocycles. The lowest BCUT2D eigenvalue weighted by atomic mass is 9.41. The zero-order valence-electron chi connectivity index (χ0n) is 17.5. The smallest absolute Gasteiger partial charge is 0.0266 e. The van der Waals surface area contributed by atoms with Crippen molar-refractivity contribution in [1.82, 2.24) is 0 Å². The molecule has 4 fully saturated rings. The lowest BCUT2D eigenvalue weighted by Gasteiger charge is -2.64. The van der Waals surface area contributed by atoms with E-state index in [0.29, 0.717) is 10.8 Å². The van der Waals surface area contributed by atoms with Crippen LogP contribution in [0.25, 0.3) is 0 Å². The van der Waals surface area contributed by atoms with E-state index in [1.165, 1.54) is 38.5 Å². The van der Waals surface area contributed by atoms with Gasteiger partial charge < -0.3 is 0 Å². The molecule has 0 heterocycles. The second-order valence-corrected chi connectivity index (χ2v) is 10.4. The van der Waals surface area contributed by atoms with Gasteiger partial charge in [-0.25, -0.2) is 0 Å². The summed E-state index contributed by atoms with van der Waals surface area (Å²) in [6.45, 7) is 14.5. The van der Waals surface area contributed by atoms with Crippen molar-refractivity contribution in [3.05, 3.63) is 0 Å². The van der Waals surface area contributed by atoms with E-state index in [-0.39, 0.29) is 0 Å². The predicted molar refractivity (Wildman–Crippen MR) is 106 cm³/mol. The molecule has 0 saturated heterocycles. The van der Waals surface area contributed by atoms with Crippen molar-refractivity contribution in [2.75, 3.05) is 0 Å². The van der Waals surface area contributed by atoms with Crippen molar-refractivity contribution >= 4 is 0 Å². The lowest BCUT2D eigenvalue weighted by Crippen LogP contribution is -2.56. The summed E-state index contributed by atoms with van der Waals surface area (Å²) >= 11 is 0. The third kappa shape index (κ3) is 2.79. The molecule has 0 aromatic heterocycles. The van der Waals surface area contributed by atoms with Gasteiger partial charge in [-0.3, -0.25) is 0 Å². The van der Waals surface area contributed by atoms with Crippen LogP contribution in [0.2, 0.25) is 0 Å². The van der Waals surface area contributed by atoms with E-state index in [1.807, 2.05) is 13.8 Å². The maximum absolute atomic E-state index is 2.72. The van der Waals surface area contributed by atoms with E-state index < -0.39 is 0 Å². The Morgan fingerprint density at radius 3 is 2.21 bits per heavy atom. The minimum atomic E-state index is 0.685. The molecule has 0 nitrogen and oxygen atoms in total. The van der Waals surface area contributed by atoms with E-state index in [1.54, 1.807) is 25.7 Å². The van der Waals surface area contributed by atoms with Gasteiger partial charge >= 0.3 is 0 Å². The Hall–Kier alpha value is 0. The topological polar surface area (TPSA) is 0 Å². The highest BCUT2D eigenvalue weighted by Gasteiger charge is 2.58. The molecule has 0 amide bonds. The van der Waals surface area contributed by atoms with Crippen molar-refractivity contribution in [2.45, 2.75) is 106 Å². The standard InChI is InChI=1S/C22H38.C2H6/c1-15-10-12-22(4)17(13-15)8-9-18-19-7-5-6-11-21(19,3)16(2)14-20(18)22;1-2/h15-20H,5-14H2,1-4H3;1-2H3. The first-order chi connectivity index (χ1) is 11.4. The van der Waals surface area contributed by atoms with Gasteiger partial charge in [0.05, 0.1) is 0 Å². The fourth-order valence-corrected chi connectivity index (χ4v) is 7.93. The summed E-state index contributed by atoms with van der Waals surface area (Å²) in [5, 5.41) is 0. The Morgan fingerprint density at radius 2 is 1.46 bits per heavy atom. The zero-order valence-corrected chi connectivity index (χ0v) is 17.5. The van der Waals surface area contributed by atoms with Gasteiger partial charge in [0, 0.05) is 0 Å². The van der Waals surface area contributed by atoms with Crippen LogP contribution < -0.4 is 0 Å². The minimum Gasteiger partial charge on any atom is -0.0683 e. The van der Waals surface area contributed by atoms with Gasteiger partial charge in [-0.1, -0.05) is 60.8 Å². The summed E-state index contributed by atoms with van der Waals surface area (Å²) < 4.78 is 0. The molecule has 0 aliphatic heterocycles. The molecule has 0 bridgehead atoms. The number of fused-ring (bicyclic) bond motifs is 5. The Bertz CT molecular complexity index is 426. The fraction of sp³-hybridized carbons (Fsp3) is 1.00. The summed E-state index contributed by atoms with van der Waals surface area (Å²) in [6.07, 6.45) is 15.4. The van der Waals surface area contributed by atoms with Crippen LogP contribution in [0.3, 0.4) is 0 Å². The summed E-state index contributed by atoms with van der Waals surface area (Å²) in [5.74, 6) is 6.22. The average molecular weight is 333 g/mol. The molecule has 0 heteroatoms. The van der Waals surface area contributed by atoms with E-state index >= 15 is 0 Å². The van der Waals surface area contributed by atoms with Gasteiger partial charge in [-0.15, -0.1) is 0 Å². The van der Waals surface area contributed by atoms with E-state index in [2.05, 4.69) is 27.7 Å². The Labute approximate surface area is 152 Å². The molecular weight excluding hydrogens is 288 g/mol. The molecule has 0 N–H and O–H groups in total. The SMILES string of the molecule is CC.CC1CCC2(C)C(CCC3C4CCCCC4(C)C(C)CC32)C1. The van der Waals surface area contributed by atoms with Crippen LogP contribution in [-0.4, -0.2) is 0 Å². The number of hydrogen-bond donors (Lipinski definition) is 0. The van der Waals surface area contributed by atoms with Gasteiger partial charge in [0.2, 0.25) is 0 Å². The highest BCUT2D eigenvalue weighted by molar-refractivity contribution is 5.07. The molecule has 0 radical (unpaired) electrons. The van der Waals surface area contributed by atoms with E-state index in [4.69, 9.17) is 0 Å². The lowest BCUT2D eigenvalue weighted by molar-refractivity contribution is -0.150. The molecule has 140 valence electrons. The zero-order chi connectivity index (χ0) is 17.5. The first-order valence-electron chi connectivity index (χ1n) is 11.4. The van der Waals surface area contributed by atoms with Crippen LogP contribution in [0, 0.1) is 46.3 Å². The normalized spacial score (nSPS) is 53.8. The van der Waals surface area contributed by atoms with Gasteiger partial charge in [0.15, 0.2) is 0 Å². The van der Waals surface area contributed by atoms with Crippen LogP contribution in [-0.2, 0) is 0 Å². The maximum atomic E-state index is 2.72. The van der Waals surface area contributed by atoms with Crippen molar-refractivity contribution in [3.8, 4) is 0 Å². The van der Waals surface area contributed by atoms with Crippen molar-refractivity contribution < 1.29 is 0 Å². The summed E-state index contributed by atoms with van der Waals surface area (Å²) in [4.78, 5) is 0. The molecule has 4 aliphatic rings.